The summed E-state index contributed by atoms with van der Waals surface area (Å²) in [5.41, 5.74) is 7.03. The van der Waals surface area contributed by atoms with E-state index in [0.717, 1.165) is 5.56 Å². The highest BCUT2D eigenvalue weighted by Crippen LogP contribution is 2.29. The lowest BCUT2D eigenvalue weighted by atomic mass is 9.81. The normalized spacial score (nSPS) is 10.9. The van der Waals surface area contributed by atoms with Crippen LogP contribution < -0.4 is 20.5 Å². The first-order valence-corrected chi connectivity index (χ1v) is 8.19. The Morgan fingerprint density at radius 1 is 1.00 bits per heavy atom. The zero-order chi connectivity index (χ0) is 19.3. The number of rotatable bonds is 7. The van der Waals surface area contributed by atoms with Gasteiger partial charge in [-0.25, -0.2) is 0 Å². The number of hydrogen-bond donors (Lipinski definition) is 2. The van der Waals surface area contributed by atoms with Crippen molar-refractivity contribution >= 4 is 17.5 Å². The minimum Gasteiger partial charge on any atom is -0.493 e. The van der Waals surface area contributed by atoms with Crippen molar-refractivity contribution in [1.82, 2.24) is 0 Å². The zero-order valence-electron chi connectivity index (χ0n) is 15.5. The number of nitrogens with two attached hydrogens (primary N) is 1. The highest BCUT2D eigenvalue weighted by Gasteiger charge is 2.23. The van der Waals surface area contributed by atoms with E-state index in [-0.39, 0.29) is 23.7 Å². The number of benzene rings is 2. The quantitative estimate of drug-likeness (QED) is 0.797. The summed E-state index contributed by atoms with van der Waals surface area (Å²) in [7, 11) is 3.06. The van der Waals surface area contributed by atoms with Crippen LogP contribution in [0.1, 0.15) is 36.2 Å². The third-order valence-electron chi connectivity index (χ3n) is 4.19. The summed E-state index contributed by atoms with van der Waals surface area (Å²) in [4.78, 5) is 23.6. The average molecular weight is 356 g/mol. The van der Waals surface area contributed by atoms with Crippen molar-refractivity contribution in [2.45, 2.75) is 25.7 Å². The van der Waals surface area contributed by atoms with Crippen LogP contribution in [0.25, 0.3) is 0 Å². The van der Waals surface area contributed by atoms with Crippen LogP contribution in [0.15, 0.2) is 42.5 Å². The minimum absolute atomic E-state index is 0.254. The number of carbonyl (C=O) groups excluding carboxylic acids is 2. The molecule has 2 aromatic rings. The Hall–Kier alpha value is -3.02. The van der Waals surface area contributed by atoms with Crippen LogP contribution in [-0.2, 0) is 10.2 Å². The van der Waals surface area contributed by atoms with E-state index in [2.05, 4.69) is 5.32 Å². The molecule has 2 amide bonds. The molecule has 0 unspecified atom stereocenters. The van der Waals surface area contributed by atoms with Crippen LogP contribution in [0, 0.1) is 0 Å². The average Bonchev–Trinajstić information content (AvgIpc) is 2.60. The van der Waals surface area contributed by atoms with Crippen molar-refractivity contribution in [2.75, 3.05) is 19.5 Å². The molecule has 0 aliphatic carbocycles. The standard InChI is InChI=1S/C20H24N2O4/c1-20(2,12-18(21)23)14-6-8-15(9-7-14)22-19(24)13-5-10-16(25-3)17(11-13)26-4/h5-11H,12H2,1-4H3,(H2,21,23)(H,22,24). The first-order valence-electron chi connectivity index (χ1n) is 8.19. The van der Waals surface area contributed by atoms with Gasteiger partial charge in [0, 0.05) is 17.7 Å². The Balaban J connectivity index is 2.14. The van der Waals surface area contributed by atoms with E-state index in [0.29, 0.717) is 22.7 Å². The van der Waals surface area contributed by atoms with E-state index >= 15 is 0 Å². The Labute approximate surface area is 153 Å². The van der Waals surface area contributed by atoms with Crippen LogP contribution in [0.4, 0.5) is 5.69 Å². The van der Waals surface area contributed by atoms with Crippen LogP contribution >= 0.6 is 0 Å². The van der Waals surface area contributed by atoms with Crippen molar-refractivity contribution < 1.29 is 19.1 Å². The molecule has 0 saturated carbocycles. The van der Waals surface area contributed by atoms with Crippen molar-refractivity contribution in [2.24, 2.45) is 5.73 Å². The van der Waals surface area contributed by atoms with Gasteiger partial charge < -0.3 is 20.5 Å². The van der Waals surface area contributed by atoms with Gasteiger partial charge in [0.15, 0.2) is 11.5 Å². The second-order valence-corrected chi connectivity index (χ2v) is 6.63. The molecule has 0 fully saturated rings. The first kappa shape index (κ1) is 19.3. The van der Waals surface area contributed by atoms with Crippen molar-refractivity contribution in [3.8, 4) is 11.5 Å². The van der Waals surface area contributed by atoms with Gasteiger partial charge in [-0.2, -0.15) is 0 Å². The highest BCUT2D eigenvalue weighted by atomic mass is 16.5. The number of carbonyl (C=O) groups is 2. The molecule has 0 aliphatic heterocycles. The molecule has 0 heterocycles. The van der Waals surface area contributed by atoms with E-state index in [1.165, 1.54) is 7.11 Å². The van der Waals surface area contributed by atoms with Gasteiger partial charge >= 0.3 is 0 Å². The van der Waals surface area contributed by atoms with Crippen LogP contribution in [0.2, 0.25) is 0 Å². The Bertz CT molecular complexity index is 798. The van der Waals surface area contributed by atoms with Gasteiger partial charge in [0.2, 0.25) is 5.91 Å². The third kappa shape index (κ3) is 4.53. The number of nitrogens with one attached hydrogen (secondary N) is 1. The lowest BCUT2D eigenvalue weighted by Gasteiger charge is -2.23. The van der Waals surface area contributed by atoms with Gasteiger partial charge in [0.05, 0.1) is 14.2 Å². The SMILES string of the molecule is COc1ccc(C(=O)Nc2ccc(C(C)(C)CC(N)=O)cc2)cc1OC. The summed E-state index contributed by atoms with van der Waals surface area (Å²) in [5.74, 6) is 0.449. The number of amides is 2. The summed E-state index contributed by atoms with van der Waals surface area (Å²) < 4.78 is 10.4. The van der Waals surface area contributed by atoms with Gasteiger partial charge in [-0.05, 0) is 41.3 Å². The predicted octanol–water partition coefficient (Wildman–Crippen LogP) is 3.11. The maximum atomic E-state index is 12.4. The molecule has 138 valence electrons. The van der Waals surface area contributed by atoms with E-state index in [1.54, 1.807) is 37.4 Å². The molecule has 0 atom stereocenters. The number of methoxy groups -OCH3 is 2. The van der Waals surface area contributed by atoms with Crippen LogP contribution in [0.3, 0.4) is 0 Å². The molecular formula is C20H24N2O4. The zero-order valence-corrected chi connectivity index (χ0v) is 15.5. The summed E-state index contributed by atoms with van der Waals surface area (Å²) in [6.45, 7) is 3.91. The fraction of sp³-hybridized carbons (Fsp3) is 0.300. The molecule has 0 bridgehead atoms. The van der Waals surface area contributed by atoms with Crippen molar-refractivity contribution in [3.05, 3.63) is 53.6 Å². The van der Waals surface area contributed by atoms with E-state index < -0.39 is 0 Å². The number of hydrogen-bond acceptors (Lipinski definition) is 4. The second kappa shape index (κ2) is 7.91. The lowest BCUT2D eigenvalue weighted by Crippen LogP contribution is -2.26. The fourth-order valence-electron chi connectivity index (χ4n) is 2.72. The summed E-state index contributed by atoms with van der Waals surface area (Å²) in [5, 5.41) is 2.84. The number of primary amides is 1. The molecule has 0 spiro atoms. The lowest BCUT2D eigenvalue weighted by molar-refractivity contribution is -0.119. The summed E-state index contributed by atoms with van der Waals surface area (Å²) in [6, 6.07) is 12.3. The Morgan fingerprint density at radius 3 is 2.15 bits per heavy atom. The molecule has 2 rings (SSSR count). The second-order valence-electron chi connectivity index (χ2n) is 6.63. The van der Waals surface area contributed by atoms with E-state index in [4.69, 9.17) is 15.2 Å². The topological polar surface area (TPSA) is 90.6 Å². The predicted molar refractivity (Wildman–Crippen MR) is 101 cm³/mol. The fourth-order valence-corrected chi connectivity index (χ4v) is 2.72. The van der Waals surface area contributed by atoms with Gasteiger partial charge in [0.25, 0.3) is 5.91 Å². The molecule has 0 aromatic heterocycles. The van der Waals surface area contributed by atoms with Gasteiger partial charge in [-0.1, -0.05) is 26.0 Å². The van der Waals surface area contributed by atoms with E-state index in [1.807, 2.05) is 26.0 Å². The Morgan fingerprint density at radius 2 is 1.62 bits per heavy atom. The molecule has 3 N–H and O–H groups in total. The molecule has 0 radical (unpaired) electrons. The Kier molecular flexibility index (Phi) is 5.87. The van der Waals surface area contributed by atoms with Crippen molar-refractivity contribution in [3.63, 3.8) is 0 Å². The number of ether oxygens (including phenoxy) is 2. The molecule has 0 aliphatic rings. The molecular weight excluding hydrogens is 332 g/mol. The third-order valence-corrected chi connectivity index (χ3v) is 4.19. The number of anilines is 1. The smallest absolute Gasteiger partial charge is 0.255 e. The highest BCUT2D eigenvalue weighted by molar-refractivity contribution is 6.04. The van der Waals surface area contributed by atoms with Crippen LogP contribution in [0.5, 0.6) is 11.5 Å². The first-order chi connectivity index (χ1) is 12.3. The van der Waals surface area contributed by atoms with Gasteiger partial charge in [0.1, 0.15) is 0 Å². The summed E-state index contributed by atoms with van der Waals surface area (Å²) in [6.07, 6.45) is 0.254. The monoisotopic (exact) mass is 356 g/mol. The molecule has 2 aromatic carbocycles. The van der Waals surface area contributed by atoms with E-state index in [9.17, 15) is 9.59 Å². The maximum Gasteiger partial charge on any atom is 0.255 e. The molecule has 26 heavy (non-hydrogen) atoms. The largest absolute Gasteiger partial charge is 0.493 e. The van der Waals surface area contributed by atoms with Gasteiger partial charge in [-0.3, -0.25) is 9.59 Å². The molecule has 6 nitrogen and oxygen atoms in total. The minimum atomic E-state index is -0.363. The molecule has 6 heteroatoms. The van der Waals surface area contributed by atoms with Crippen LogP contribution in [-0.4, -0.2) is 26.0 Å². The maximum absolute atomic E-state index is 12.4. The van der Waals surface area contributed by atoms with Crippen molar-refractivity contribution in [1.29, 1.82) is 0 Å². The molecule has 0 saturated heterocycles. The van der Waals surface area contributed by atoms with Gasteiger partial charge in [-0.15, -0.1) is 0 Å². The summed E-state index contributed by atoms with van der Waals surface area (Å²) >= 11 is 0.